The first kappa shape index (κ1) is 25.5. The standard InChI is InChI=1S/C23H29F3N4O4/c1-3-30(17-7-9-33-10-8-17)20-6-5-15(18(12-21(31)32)23(24,25)26)11-19(20)29-16-13-27-22(28-14-16)34-4-2/h5-6,11,13-14,17-18,29H,3-4,7-10,12H2,1-2H3,(H,31,32)/t18-/m0/s1. The predicted molar refractivity (Wildman–Crippen MR) is 121 cm³/mol. The van der Waals surface area contributed by atoms with Gasteiger partial charge in [0.25, 0.3) is 0 Å². The normalized spacial score (nSPS) is 15.6. The van der Waals surface area contributed by atoms with Crippen molar-refractivity contribution in [1.29, 1.82) is 0 Å². The number of alkyl halides is 3. The van der Waals surface area contributed by atoms with E-state index in [2.05, 4.69) is 20.2 Å². The molecule has 1 fully saturated rings. The van der Waals surface area contributed by atoms with Gasteiger partial charge in [0.2, 0.25) is 0 Å². The van der Waals surface area contributed by atoms with Gasteiger partial charge < -0.3 is 24.8 Å². The summed E-state index contributed by atoms with van der Waals surface area (Å²) in [5.74, 6) is -3.65. The molecule has 186 valence electrons. The first-order chi connectivity index (χ1) is 16.2. The minimum absolute atomic E-state index is 0.129. The summed E-state index contributed by atoms with van der Waals surface area (Å²) >= 11 is 0. The number of benzene rings is 1. The molecule has 1 saturated heterocycles. The number of halogens is 3. The number of carboxylic acid groups (broad SMARTS) is 1. The van der Waals surface area contributed by atoms with E-state index < -0.39 is 24.5 Å². The Hall–Kier alpha value is -3.08. The summed E-state index contributed by atoms with van der Waals surface area (Å²) in [6.07, 6.45) is -1.19. The number of aliphatic carboxylic acids is 1. The lowest BCUT2D eigenvalue weighted by molar-refractivity contribution is -0.163. The van der Waals surface area contributed by atoms with Crippen LogP contribution in [0.25, 0.3) is 0 Å². The maximum Gasteiger partial charge on any atom is 0.396 e. The summed E-state index contributed by atoms with van der Waals surface area (Å²) in [4.78, 5) is 21.5. The zero-order valence-electron chi connectivity index (χ0n) is 19.1. The van der Waals surface area contributed by atoms with E-state index in [1.54, 1.807) is 13.0 Å². The van der Waals surface area contributed by atoms with Crippen molar-refractivity contribution in [3.05, 3.63) is 36.2 Å². The first-order valence-corrected chi connectivity index (χ1v) is 11.2. The quantitative estimate of drug-likeness (QED) is 0.501. The van der Waals surface area contributed by atoms with Gasteiger partial charge in [-0.3, -0.25) is 4.79 Å². The number of nitrogens with zero attached hydrogens (tertiary/aromatic N) is 3. The van der Waals surface area contributed by atoms with Crippen molar-refractivity contribution in [2.24, 2.45) is 0 Å². The molecule has 8 nitrogen and oxygen atoms in total. The number of nitrogens with one attached hydrogen (secondary N) is 1. The van der Waals surface area contributed by atoms with E-state index in [1.807, 2.05) is 6.92 Å². The molecule has 2 aromatic rings. The highest BCUT2D eigenvalue weighted by atomic mass is 19.4. The molecule has 0 bridgehead atoms. The van der Waals surface area contributed by atoms with Crippen LogP contribution in [-0.2, 0) is 9.53 Å². The Morgan fingerprint density at radius 3 is 2.50 bits per heavy atom. The number of aromatic nitrogens is 2. The second kappa shape index (κ2) is 11.4. The van der Waals surface area contributed by atoms with E-state index in [0.717, 1.165) is 12.8 Å². The van der Waals surface area contributed by atoms with E-state index in [-0.39, 0.29) is 17.6 Å². The Balaban J connectivity index is 2.02. The number of anilines is 3. The van der Waals surface area contributed by atoms with Gasteiger partial charge in [-0.2, -0.15) is 13.2 Å². The summed E-state index contributed by atoms with van der Waals surface area (Å²) in [6, 6.07) is 4.71. The minimum atomic E-state index is -4.70. The van der Waals surface area contributed by atoms with Crippen LogP contribution < -0.4 is 15.0 Å². The average Bonchev–Trinajstić information content (AvgIpc) is 2.80. The molecule has 0 spiro atoms. The maximum absolute atomic E-state index is 13.7. The number of ether oxygens (including phenoxy) is 2. The fraction of sp³-hybridized carbons (Fsp3) is 0.522. The Bertz CT molecular complexity index is 950. The van der Waals surface area contributed by atoms with Gasteiger partial charge in [-0.25, -0.2) is 9.97 Å². The SMILES string of the molecule is CCOc1ncc(Nc2cc([C@H](CC(=O)O)C(F)(F)F)ccc2N(CC)C2CCOCC2)cn1. The highest BCUT2D eigenvalue weighted by molar-refractivity contribution is 5.77. The molecule has 0 amide bonds. The molecule has 1 aliphatic rings. The van der Waals surface area contributed by atoms with Crippen molar-refractivity contribution >= 4 is 23.0 Å². The summed E-state index contributed by atoms with van der Waals surface area (Å²) < 4.78 is 51.9. The fourth-order valence-corrected chi connectivity index (χ4v) is 4.08. The molecule has 2 N–H and O–H groups in total. The summed E-state index contributed by atoms with van der Waals surface area (Å²) in [5, 5.41) is 12.2. The number of carbonyl (C=O) groups is 1. The molecular formula is C23H29F3N4O4. The molecule has 1 aromatic heterocycles. The van der Waals surface area contributed by atoms with Crippen molar-refractivity contribution in [2.75, 3.05) is 36.6 Å². The van der Waals surface area contributed by atoms with Gasteiger partial charge in [0.05, 0.1) is 48.4 Å². The lowest BCUT2D eigenvalue weighted by atomic mass is 9.93. The third kappa shape index (κ3) is 6.49. The molecule has 0 saturated carbocycles. The van der Waals surface area contributed by atoms with Crippen molar-refractivity contribution in [3.63, 3.8) is 0 Å². The Morgan fingerprint density at radius 2 is 1.94 bits per heavy atom. The van der Waals surface area contributed by atoms with Gasteiger partial charge in [0.1, 0.15) is 0 Å². The van der Waals surface area contributed by atoms with Gasteiger partial charge in [0.15, 0.2) is 0 Å². The van der Waals surface area contributed by atoms with E-state index in [0.29, 0.717) is 43.4 Å². The van der Waals surface area contributed by atoms with Crippen molar-refractivity contribution in [1.82, 2.24) is 9.97 Å². The number of carboxylic acids is 1. The van der Waals surface area contributed by atoms with Gasteiger partial charge >= 0.3 is 18.2 Å². The van der Waals surface area contributed by atoms with Gasteiger partial charge in [-0.15, -0.1) is 0 Å². The van der Waals surface area contributed by atoms with Gasteiger partial charge in [-0.05, 0) is 44.4 Å². The first-order valence-electron chi connectivity index (χ1n) is 11.2. The average molecular weight is 483 g/mol. The fourth-order valence-electron chi connectivity index (χ4n) is 4.08. The van der Waals surface area contributed by atoms with Gasteiger partial charge in [-0.1, -0.05) is 6.07 Å². The third-order valence-electron chi connectivity index (χ3n) is 5.66. The molecule has 11 heteroatoms. The molecule has 1 atom stereocenters. The topological polar surface area (TPSA) is 96.8 Å². The summed E-state index contributed by atoms with van der Waals surface area (Å²) in [6.45, 7) is 6.05. The monoisotopic (exact) mass is 482 g/mol. The lowest BCUT2D eigenvalue weighted by Crippen LogP contribution is -2.39. The van der Waals surface area contributed by atoms with E-state index >= 15 is 0 Å². The maximum atomic E-state index is 13.7. The second-order valence-electron chi connectivity index (χ2n) is 7.91. The molecule has 0 aliphatic carbocycles. The molecule has 0 unspecified atom stereocenters. The highest BCUT2D eigenvalue weighted by Crippen LogP contribution is 2.41. The van der Waals surface area contributed by atoms with Crippen molar-refractivity contribution in [3.8, 4) is 6.01 Å². The number of hydrogen-bond acceptors (Lipinski definition) is 7. The Morgan fingerprint density at radius 1 is 1.26 bits per heavy atom. The van der Waals surface area contributed by atoms with Crippen LogP contribution in [0.4, 0.5) is 30.2 Å². The summed E-state index contributed by atoms with van der Waals surface area (Å²) in [7, 11) is 0. The molecule has 2 heterocycles. The van der Waals surface area contributed by atoms with E-state index in [1.165, 1.54) is 24.5 Å². The molecule has 34 heavy (non-hydrogen) atoms. The largest absolute Gasteiger partial charge is 0.481 e. The number of rotatable bonds is 10. The number of hydrogen-bond donors (Lipinski definition) is 2. The third-order valence-corrected chi connectivity index (χ3v) is 5.66. The van der Waals surface area contributed by atoms with Crippen molar-refractivity contribution < 1.29 is 32.5 Å². The molecule has 1 aliphatic heterocycles. The zero-order valence-corrected chi connectivity index (χ0v) is 19.1. The van der Waals surface area contributed by atoms with Crippen LogP contribution in [0, 0.1) is 0 Å². The smallest absolute Gasteiger partial charge is 0.396 e. The Labute approximate surface area is 196 Å². The molecule has 0 radical (unpaired) electrons. The molecule has 3 rings (SSSR count). The van der Waals surface area contributed by atoms with Crippen molar-refractivity contribution in [2.45, 2.75) is 51.2 Å². The van der Waals surface area contributed by atoms with Crippen LogP contribution in [0.5, 0.6) is 6.01 Å². The molecule has 1 aromatic carbocycles. The lowest BCUT2D eigenvalue weighted by Gasteiger charge is -2.37. The van der Waals surface area contributed by atoms with Crippen LogP contribution in [-0.4, -0.2) is 59.6 Å². The van der Waals surface area contributed by atoms with Crippen LogP contribution in [0.1, 0.15) is 44.6 Å². The van der Waals surface area contributed by atoms with E-state index in [4.69, 9.17) is 14.6 Å². The molecular weight excluding hydrogens is 453 g/mol. The van der Waals surface area contributed by atoms with Crippen LogP contribution in [0.3, 0.4) is 0 Å². The predicted octanol–water partition coefficient (Wildman–Crippen LogP) is 4.74. The van der Waals surface area contributed by atoms with Crippen LogP contribution in [0.2, 0.25) is 0 Å². The van der Waals surface area contributed by atoms with Crippen LogP contribution >= 0.6 is 0 Å². The van der Waals surface area contributed by atoms with E-state index in [9.17, 15) is 18.0 Å². The minimum Gasteiger partial charge on any atom is -0.481 e. The van der Waals surface area contributed by atoms with Crippen LogP contribution in [0.15, 0.2) is 30.6 Å². The summed E-state index contributed by atoms with van der Waals surface area (Å²) in [5.41, 5.74) is 1.46. The Kier molecular flexibility index (Phi) is 8.54. The second-order valence-corrected chi connectivity index (χ2v) is 7.91. The van der Waals surface area contributed by atoms with Gasteiger partial charge in [0, 0.05) is 25.8 Å². The zero-order chi connectivity index (χ0) is 24.7. The highest BCUT2D eigenvalue weighted by Gasteiger charge is 2.42.